The number of piperidine rings is 1. The summed E-state index contributed by atoms with van der Waals surface area (Å²) in [6.07, 6.45) is 2.05. The van der Waals surface area contributed by atoms with Crippen molar-refractivity contribution in [1.29, 1.82) is 0 Å². The summed E-state index contributed by atoms with van der Waals surface area (Å²) in [5, 5.41) is 3.37. The molecule has 39 heavy (non-hydrogen) atoms. The zero-order valence-corrected chi connectivity index (χ0v) is 23.5. The van der Waals surface area contributed by atoms with Crippen LogP contribution in [0.3, 0.4) is 0 Å². The van der Waals surface area contributed by atoms with Gasteiger partial charge in [-0.25, -0.2) is 13.8 Å². The predicted octanol–water partition coefficient (Wildman–Crippen LogP) is 5.43. The van der Waals surface area contributed by atoms with Gasteiger partial charge in [0.25, 0.3) is 0 Å². The zero-order valence-electron chi connectivity index (χ0n) is 23.5. The van der Waals surface area contributed by atoms with E-state index in [0.29, 0.717) is 25.9 Å². The Labute approximate surface area is 230 Å². The highest BCUT2D eigenvalue weighted by Crippen LogP contribution is 2.26. The molecule has 3 heterocycles. The van der Waals surface area contributed by atoms with Crippen LogP contribution >= 0.6 is 0 Å². The predicted molar refractivity (Wildman–Crippen MR) is 150 cm³/mol. The van der Waals surface area contributed by atoms with E-state index in [2.05, 4.69) is 37.9 Å². The van der Waals surface area contributed by atoms with Crippen molar-refractivity contribution in [2.45, 2.75) is 72.1 Å². The topological polar surface area (TPSA) is 70.1 Å². The Bertz CT molecular complexity index is 1240. The molecule has 1 fully saturated rings. The largest absolute Gasteiger partial charge is 0.487 e. The summed E-state index contributed by atoms with van der Waals surface area (Å²) in [5.74, 6) is -0.386. The van der Waals surface area contributed by atoms with Crippen molar-refractivity contribution in [3.63, 3.8) is 0 Å². The molecule has 0 spiro atoms. The van der Waals surface area contributed by atoms with E-state index in [0.717, 1.165) is 48.5 Å². The number of nitrogens with zero attached hydrogens (tertiary/aromatic N) is 4. The summed E-state index contributed by atoms with van der Waals surface area (Å²) >= 11 is 0. The molecular weight excluding hydrogens is 500 g/mol. The molecule has 4 rings (SSSR count). The number of amides is 1. The van der Waals surface area contributed by atoms with Gasteiger partial charge in [-0.15, -0.1) is 0 Å². The molecule has 0 saturated carbocycles. The van der Waals surface area contributed by atoms with Gasteiger partial charge in [0, 0.05) is 38.7 Å². The molecule has 1 amide bonds. The fourth-order valence-corrected chi connectivity index (χ4v) is 5.01. The van der Waals surface area contributed by atoms with Crippen LogP contribution in [-0.4, -0.2) is 70.8 Å². The Balaban J connectivity index is 1.56. The van der Waals surface area contributed by atoms with E-state index in [-0.39, 0.29) is 29.8 Å². The SMILES string of the molecule is CC(=O)N1CCC(C)=C(N=C(c2cccc(NC(C)C)n2)C(C)N2CCC(Oc3ccc(F)cc3F)CC2)C1. The molecule has 0 aliphatic carbocycles. The fraction of sp³-hybridized carbons (Fsp3) is 0.500. The Morgan fingerprint density at radius 1 is 1.13 bits per heavy atom. The lowest BCUT2D eigenvalue weighted by atomic mass is 10.0. The van der Waals surface area contributed by atoms with E-state index in [1.807, 2.05) is 23.1 Å². The first-order chi connectivity index (χ1) is 18.6. The second-order valence-corrected chi connectivity index (χ2v) is 10.7. The molecule has 7 nitrogen and oxygen atoms in total. The minimum absolute atomic E-state index is 0.0470. The molecule has 1 saturated heterocycles. The molecule has 1 aromatic carbocycles. The Morgan fingerprint density at radius 2 is 1.87 bits per heavy atom. The normalized spacial score (nSPS) is 18.5. The molecule has 210 valence electrons. The van der Waals surface area contributed by atoms with Crippen molar-refractivity contribution in [2.75, 3.05) is 31.5 Å². The van der Waals surface area contributed by atoms with Crippen LogP contribution in [0, 0.1) is 11.6 Å². The van der Waals surface area contributed by atoms with E-state index in [9.17, 15) is 13.6 Å². The van der Waals surface area contributed by atoms with Crippen LogP contribution in [0.1, 0.15) is 59.6 Å². The van der Waals surface area contributed by atoms with Gasteiger partial charge in [0.05, 0.1) is 29.7 Å². The van der Waals surface area contributed by atoms with E-state index < -0.39 is 11.6 Å². The van der Waals surface area contributed by atoms with Crippen molar-refractivity contribution in [3.8, 4) is 5.75 Å². The number of carbonyl (C=O) groups excluding carboxylic acids is 1. The maximum absolute atomic E-state index is 14.1. The minimum atomic E-state index is -0.683. The summed E-state index contributed by atoms with van der Waals surface area (Å²) in [4.78, 5) is 26.3. The van der Waals surface area contributed by atoms with Gasteiger partial charge >= 0.3 is 0 Å². The summed E-state index contributed by atoms with van der Waals surface area (Å²) in [7, 11) is 0. The maximum Gasteiger partial charge on any atom is 0.219 e. The lowest BCUT2D eigenvalue weighted by Gasteiger charge is -2.37. The van der Waals surface area contributed by atoms with Gasteiger partial charge in [0.1, 0.15) is 17.7 Å². The highest BCUT2D eigenvalue weighted by Gasteiger charge is 2.29. The van der Waals surface area contributed by atoms with Gasteiger partial charge in [-0.1, -0.05) is 6.07 Å². The van der Waals surface area contributed by atoms with Crippen molar-refractivity contribution < 1.29 is 18.3 Å². The van der Waals surface area contributed by atoms with E-state index in [4.69, 9.17) is 14.7 Å². The second kappa shape index (κ2) is 12.7. The number of rotatable bonds is 8. The lowest BCUT2D eigenvalue weighted by Crippen LogP contribution is -2.47. The fourth-order valence-electron chi connectivity index (χ4n) is 5.01. The van der Waals surface area contributed by atoms with Crippen LogP contribution in [0.15, 0.2) is 52.7 Å². The van der Waals surface area contributed by atoms with Crippen molar-refractivity contribution in [1.82, 2.24) is 14.8 Å². The van der Waals surface area contributed by atoms with Crippen LogP contribution in [0.2, 0.25) is 0 Å². The number of nitrogens with one attached hydrogen (secondary N) is 1. The lowest BCUT2D eigenvalue weighted by molar-refractivity contribution is -0.128. The van der Waals surface area contributed by atoms with Crippen LogP contribution in [-0.2, 0) is 4.79 Å². The molecule has 0 radical (unpaired) electrons. The number of aliphatic imine (C=N–C) groups is 1. The van der Waals surface area contributed by atoms with E-state index in [1.165, 1.54) is 17.7 Å². The van der Waals surface area contributed by atoms with Gasteiger partial charge in [0.2, 0.25) is 5.91 Å². The molecular formula is C30H39F2N5O2. The molecule has 2 aromatic rings. The number of aromatic nitrogens is 1. The van der Waals surface area contributed by atoms with E-state index >= 15 is 0 Å². The van der Waals surface area contributed by atoms with Gasteiger partial charge in [-0.05, 0) is 76.8 Å². The number of anilines is 1. The first-order valence-electron chi connectivity index (χ1n) is 13.7. The highest BCUT2D eigenvalue weighted by atomic mass is 19.1. The summed E-state index contributed by atoms with van der Waals surface area (Å²) in [6.45, 7) is 12.6. The Hall–Kier alpha value is -3.33. The summed E-state index contributed by atoms with van der Waals surface area (Å²) in [5.41, 5.74) is 3.74. The second-order valence-electron chi connectivity index (χ2n) is 10.7. The van der Waals surface area contributed by atoms with Gasteiger partial charge in [-0.2, -0.15) is 0 Å². The number of carbonyl (C=O) groups is 1. The van der Waals surface area contributed by atoms with Crippen LogP contribution in [0.5, 0.6) is 5.75 Å². The Kier molecular flexibility index (Phi) is 9.32. The molecule has 2 aliphatic heterocycles. The molecule has 1 N–H and O–H groups in total. The van der Waals surface area contributed by atoms with Gasteiger partial charge in [0.15, 0.2) is 11.6 Å². The quantitative estimate of drug-likeness (QED) is 0.453. The van der Waals surface area contributed by atoms with Crippen molar-refractivity contribution in [3.05, 3.63) is 65.0 Å². The number of ether oxygens (including phenoxy) is 1. The molecule has 0 bridgehead atoms. The number of halogens is 2. The number of likely N-dealkylation sites (tertiary alicyclic amines) is 1. The summed E-state index contributed by atoms with van der Waals surface area (Å²) in [6, 6.07) is 9.51. The van der Waals surface area contributed by atoms with Crippen molar-refractivity contribution >= 4 is 17.4 Å². The first-order valence-corrected chi connectivity index (χ1v) is 13.7. The smallest absolute Gasteiger partial charge is 0.219 e. The van der Waals surface area contributed by atoms with E-state index in [1.54, 1.807) is 6.92 Å². The number of hydrogen-bond acceptors (Lipinski definition) is 6. The highest BCUT2D eigenvalue weighted by molar-refractivity contribution is 6.03. The monoisotopic (exact) mass is 539 g/mol. The molecule has 1 aromatic heterocycles. The molecule has 1 unspecified atom stereocenters. The van der Waals surface area contributed by atoms with Crippen molar-refractivity contribution in [2.24, 2.45) is 4.99 Å². The van der Waals surface area contributed by atoms with Crippen LogP contribution in [0.25, 0.3) is 0 Å². The average molecular weight is 540 g/mol. The van der Waals surface area contributed by atoms with Gasteiger partial charge in [-0.3, -0.25) is 14.7 Å². The third kappa shape index (κ3) is 7.41. The third-order valence-electron chi connectivity index (χ3n) is 7.35. The molecule has 1 atom stereocenters. The average Bonchev–Trinajstić information content (AvgIpc) is 2.89. The molecule has 2 aliphatic rings. The van der Waals surface area contributed by atoms with Crippen LogP contribution < -0.4 is 10.1 Å². The van der Waals surface area contributed by atoms with Gasteiger partial charge < -0.3 is 15.0 Å². The number of hydrogen-bond donors (Lipinski definition) is 1. The number of benzene rings is 1. The standard InChI is InChI=1S/C30H39F2N5O2/c1-19(2)33-29-8-6-7-26(34-29)30(35-27-18-37(22(5)38)14-11-20(27)3)21(4)36-15-12-24(13-16-36)39-28-10-9-23(31)17-25(28)32/h6-10,17,19,21,24H,11-16,18H2,1-5H3,(H,33,34). The zero-order chi connectivity index (χ0) is 28.1. The first kappa shape index (κ1) is 28.7. The number of pyridine rings is 1. The van der Waals surface area contributed by atoms with Crippen LogP contribution in [0.4, 0.5) is 14.6 Å². The minimum Gasteiger partial charge on any atom is -0.487 e. The molecule has 9 heteroatoms. The maximum atomic E-state index is 14.1. The summed E-state index contributed by atoms with van der Waals surface area (Å²) < 4.78 is 33.3. The Morgan fingerprint density at radius 3 is 2.54 bits per heavy atom. The third-order valence-corrected chi connectivity index (χ3v) is 7.35.